The lowest BCUT2D eigenvalue weighted by Gasteiger charge is -2.11. The summed E-state index contributed by atoms with van der Waals surface area (Å²) in [6, 6.07) is 1.76. The van der Waals surface area contributed by atoms with E-state index in [1.165, 1.54) is 6.33 Å². The predicted molar refractivity (Wildman–Crippen MR) is 63.7 cm³/mol. The molecule has 1 atom stereocenters. The molecule has 2 rings (SSSR count). The van der Waals surface area contributed by atoms with Gasteiger partial charge in [0.15, 0.2) is 0 Å². The van der Waals surface area contributed by atoms with Crippen molar-refractivity contribution in [1.82, 2.24) is 19.6 Å². The minimum atomic E-state index is 0.423. The van der Waals surface area contributed by atoms with Crippen LogP contribution in [0.3, 0.4) is 0 Å². The van der Waals surface area contributed by atoms with Crippen LogP contribution in [0.1, 0.15) is 20.3 Å². The molecule has 0 aliphatic rings. The van der Waals surface area contributed by atoms with Crippen LogP contribution in [0.2, 0.25) is 5.15 Å². The summed E-state index contributed by atoms with van der Waals surface area (Å²) in [5, 5.41) is 7.81. The fraction of sp³-hybridized carbons (Fsp3) is 0.500. The topological polar surface area (TPSA) is 55.1 Å². The van der Waals surface area contributed by atoms with Crippen LogP contribution in [0.5, 0.6) is 0 Å². The molecule has 0 radical (unpaired) electrons. The van der Waals surface area contributed by atoms with Gasteiger partial charge in [-0.3, -0.25) is 0 Å². The van der Waals surface area contributed by atoms with Gasteiger partial charge < -0.3 is 5.32 Å². The van der Waals surface area contributed by atoms with Crippen LogP contribution in [-0.2, 0) is 0 Å². The van der Waals surface area contributed by atoms with Crippen LogP contribution in [0.25, 0.3) is 5.78 Å². The quantitative estimate of drug-likeness (QED) is 0.832. The molecule has 1 unspecified atom stereocenters. The highest BCUT2D eigenvalue weighted by atomic mass is 35.5. The summed E-state index contributed by atoms with van der Waals surface area (Å²) >= 11 is 5.90. The molecule has 2 aromatic rings. The number of hydrogen-bond acceptors (Lipinski definition) is 4. The third-order valence-corrected chi connectivity index (χ3v) is 2.74. The molecule has 0 aliphatic heterocycles. The molecule has 0 amide bonds. The van der Waals surface area contributed by atoms with Gasteiger partial charge in [0.25, 0.3) is 5.78 Å². The molecule has 0 spiro atoms. The Morgan fingerprint density at radius 2 is 2.38 bits per heavy atom. The van der Waals surface area contributed by atoms with Crippen molar-refractivity contribution in [3.05, 3.63) is 17.5 Å². The largest absolute Gasteiger partial charge is 0.370 e. The van der Waals surface area contributed by atoms with E-state index in [-0.39, 0.29) is 0 Å². The lowest BCUT2D eigenvalue weighted by molar-refractivity contribution is 0.591. The highest BCUT2D eigenvalue weighted by Crippen LogP contribution is 2.15. The maximum absolute atomic E-state index is 5.90. The van der Waals surface area contributed by atoms with Crippen molar-refractivity contribution in [2.45, 2.75) is 20.3 Å². The SMILES string of the molecule is CCC(C)CNc1cc(Cl)nc2ncnn12. The molecule has 0 fully saturated rings. The van der Waals surface area contributed by atoms with Crippen molar-refractivity contribution in [2.24, 2.45) is 5.92 Å². The Bertz CT molecular complexity index is 481. The van der Waals surface area contributed by atoms with Crippen molar-refractivity contribution in [3.63, 3.8) is 0 Å². The van der Waals surface area contributed by atoms with Gasteiger partial charge in [-0.1, -0.05) is 31.9 Å². The van der Waals surface area contributed by atoms with E-state index >= 15 is 0 Å². The standard InChI is InChI=1S/C10H14ClN5/c1-3-7(2)5-12-9-4-8(11)15-10-13-6-14-16(9)10/h4,6-7,12H,3,5H2,1-2H3. The number of rotatable bonds is 4. The van der Waals surface area contributed by atoms with Crippen molar-refractivity contribution >= 4 is 23.2 Å². The van der Waals surface area contributed by atoms with E-state index < -0.39 is 0 Å². The molecule has 0 aliphatic carbocycles. The smallest absolute Gasteiger partial charge is 0.255 e. The Kier molecular flexibility index (Phi) is 3.24. The normalized spacial score (nSPS) is 12.9. The number of hydrogen-bond donors (Lipinski definition) is 1. The fourth-order valence-electron chi connectivity index (χ4n) is 1.33. The molecule has 86 valence electrons. The molecular weight excluding hydrogens is 226 g/mol. The lowest BCUT2D eigenvalue weighted by Crippen LogP contribution is -2.13. The summed E-state index contributed by atoms with van der Waals surface area (Å²) in [6.45, 7) is 5.23. The third-order valence-electron chi connectivity index (χ3n) is 2.55. The Balaban J connectivity index is 2.25. The minimum absolute atomic E-state index is 0.423. The van der Waals surface area contributed by atoms with Gasteiger partial charge in [-0.15, -0.1) is 0 Å². The van der Waals surface area contributed by atoms with Gasteiger partial charge in [0.05, 0.1) is 0 Å². The maximum Gasteiger partial charge on any atom is 0.255 e. The summed E-state index contributed by atoms with van der Waals surface area (Å²) in [5.74, 6) is 1.94. The van der Waals surface area contributed by atoms with E-state index in [9.17, 15) is 0 Å². The highest BCUT2D eigenvalue weighted by molar-refractivity contribution is 6.29. The van der Waals surface area contributed by atoms with E-state index in [1.807, 2.05) is 0 Å². The summed E-state index contributed by atoms with van der Waals surface area (Å²) in [5.41, 5.74) is 0. The van der Waals surface area contributed by atoms with Crippen LogP contribution in [-0.4, -0.2) is 26.1 Å². The second-order valence-electron chi connectivity index (χ2n) is 3.83. The molecule has 0 saturated carbocycles. The molecule has 0 saturated heterocycles. The Morgan fingerprint density at radius 3 is 3.12 bits per heavy atom. The van der Waals surface area contributed by atoms with E-state index in [0.29, 0.717) is 16.8 Å². The average molecular weight is 240 g/mol. The van der Waals surface area contributed by atoms with Gasteiger partial charge in [-0.25, -0.2) is 0 Å². The lowest BCUT2D eigenvalue weighted by atomic mass is 10.1. The average Bonchev–Trinajstić information content (AvgIpc) is 2.73. The molecule has 2 heterocycles. The minimum Gasteiger partial charge on any atom is -0.370 e. The second-order valence-corrected chi connectivity index (χ2v) is 4.22. The molecule has 6 heteroatoms. The molecule has 1 N–H and O–H groups in total. The van der Waals surface area contributed by atoms with Crippen LogP contribution in [0, 0.1) is 5.92 Å². The first kappa shape index (κ1) is 11.1. The monoisotopic (exact) mass is 239 g/mol. The Labute approximate surface area is 98.9 Å². The molecular formula is C10H14ClN5. The van der Waals surface area contributed by atoms with Gasteiger partial charge in [0, 0.05) is 12.6 Å². The van der Waals surface area contributed by atoms with Gasteiger partial charge in [0.2, 0.25) is 0 Å². The fourth-order valence-corrected chi connectivity index (χ4v) is 1.51. The molecule has 0 bridgehead atoms. The predicted octanol–water partition coefficient (Wildman–Crippen LogP) is 2.24. The van der Waals surface area contributed by atoms with E-state index in [0.717, 1.165) is 18.8 Å². The van der Waals surface area contributed by atoms with Crippen LogP contribution in [0.4, 0.5) is 5.82 Å². The molecule has 0 aromatic carbocycles. The van der Waals surface area contributed by atoms with Crippen molar-refractivity contribution in [1.29, 1.82) is 0 Å². The van der Waals surface area contributed by atoms with Gasteiger partial charge >= 0.3 is 0 Å². The highest BCUT2D eigenvalue weighted by Gasteiger charge is 2.06. The first-order valence-electron chi connectivity index (χ1n) is 5.31. The van der Waals surface area contributed by atoms with E-state index in [4.69, 9.17) is 11.6 Å². The molecule has 16 heavy (non-hydrogen) atoms. The summed E-state index contributed by atoms with van der Waals surface area (Å²) < 4.78 is 1.65. The van der Waals surface area contributed by atoms with Crippen LogP contribution < -0.4 is 5.32 Å². The maximum atomic E-state index is 5.90. The van der Waals surface area contributed by atoms with E-state index in [1.54, 1.807) is 10.6 Å². The first-order chi connectivity index (χ1) is 7.70. The number of anilines is 1. The van der Waals surface area contributed by atoms with Crippen molar-refractivity contribution in [3.8, 4) is 0 Å². The molecule has 5 nitrogen and oxygen atoms in total. The number of nitrogens with zero attached hydrogens (tertiary/aromatic N) is 4. The number of fused-ring (bicyclic) bond motifs is 1. The van der Waals surface area contributed by atoms with Crippen molar-refractivity contribution < 1.29 is 0 Å². The van der Waals surface area contributed by atoms with E-state index in [2.05, 4.69) is 34.2 Å². The summed E-state index contributed by atoms with van der Waals surface area (Å²) in [4.78, 5) is 8.06. The zero-order chi connectivity index (χ0) is 11.5. The zero-order valence-corrected chi connectivity index (χ0v) is 10.1. The van der Waals surface area contributed by atoms with Gasteiger partial charge in [0.1, 0.15) is 17.3 Å². The second kappa shape index (κ2) is 4.65. The third kappa shape index (κ3) is 2.24. The number of nitrogens with one attached hydrogen (secondary N) is 1. The number of aromatic nitrogens is 4. The first-order valence-corrected chi connectivity index (χ1v) is 5.68. The summed E-state index contributed by atoms with van der Waals surface area (Å²) in [7, 11) is 0. The van der Waals surface area contributed by atoms with Gasteiger partial charge in [-0.2, -0.15) is 19.6 Å². The zero-order valence-electron chi connectivity index (χ0n) is 9.31. The molecule has 2 aromatic heterocycles. The van der Waals surface area contributed by atoms with Crippen molar-refractivity contribution in [2.75, 3.05) is 11.9 Å². The Morgan fingerprint density at radius 1 is 1.56 bits per heavy atom. The van der Waals surface area contributed by atoms with Crippen LogP contribution >= 0.6 is 11.6 Å². The van der Waals surface area contributed by atoms with Crippen LogP contribution in [0.15, 0.2) is 12.4 Å². The Hall–Kier alpha value is -1.36. The van der Waals surface area contributed by atoms with Gasteiger partial charge in [-0.05, 0) is 5.92 Å². The number of halogens is 1. The summed E-state index contributed by atoms with van der Waals surface area (Å²) in [6.07, 6.45) is 2.60.